The lowest BCUT2D eigenvalue weighted by molar-refractivity contribution is -0.150. The first-order chi connectivity index (χ1) is 7.66. The molecule has 0 radical (unpaired) electrons. The molecule has 1 saturated heterocycles. The summed E-state index contributed by atoms with van der Waals surface area (Å²) in [5, 5.41) is 17.3. The molecule has 0 saturated carbocycles. The summed E-state index contributed by atoms with van der Waals surface area (Å²) in [5.74, 6) is -0.653. The summed E-state index contributed by atoms with van der Waals surface area (Å²) < 4.78 is 0. The SMILES string of the molecule is N#CCSCC(=O)N1CCCC[C@@H]1C(=O)O. The zero-order valence-corrected chi connectivity index (χ0v) is 9.70. The molecule has 0 bridgehead atoms. The van der Waals surface area contributed by atoms with Crippen molar-refractivity contribution >= 4 is 23.6 Å². The lowest BCUT2D eigenvalue weighted by Crippen LogP contribution is -2.48. The second-order valence-electron chi connectivity index (χ2n) is 3.59. The summed E-state index contributed by atoms with van der Waals surface area (Å²) >= 11 is 1.22. The number of carbonyl (C=O) groups excluding carboxylic acids is 1. The number of rotatable bonds is 4. The van der Waals surface area contributed by atoms with Gasteiger partial charge in [0.05, 0.1) is 17.6 Å². The zero-order valence-electron chi connectivity index (χ0n) is 8.89. The molecule has 0 aromatic heterocycles. The van der Waals surface area contributed by atoms with Crippen molar-refractivity contribution in [3.05, 3.63) is 0 Å². The maximum Gasteiger partial charge on any atom is 0.326 e. The van der Waals surface area contributed by atoms with Crippen LogP contribution in [-0.4, -0.2) is 46.0 Å². The number of nitriles is 1. The van der Waals surface area contributed by atoms with Crippen LogP contribution in [0.2, 0.25) is 0 Å². The molecule has 1 aliphatic rings. The van der Waals surface area contributed by atoms with Gasteiger partial charge < -0.3 is 10.0 Å². The Hall–Kier alpha value is -1.22. The Morgan fingerprint density at radius 1 is 1.50 bits per heavy atom. The van der Waals surface area contributed by atoms with Gasteiger partial charge in [-0.25, -0.2) is 4.79 Å². The highest BCUT2D eigenvalue weighted by molar-refractivity contribution is 8.00. The lowest BCUT2D eigenvalue weighted by Gasteiger charge is -2.32. The molecule has 1 N–H and O–H groups in total. The highest BCUT2D eigenvalue weighted by atomic mass is 32.2. The topological polar surface area (TPSA) is 81.4 Å². The van der Waals surface area contributed by atoms with Crippen LogP contribution in [0.5, 0.6) is 0 Å². The van der Waals surface area contributed by atoms with Gasteiger partial charge in [-0.1, -0.05) is 0 Å². The minimum atomic E-state index is -0.932. The molecule has 0 aliphatic carbocycles. The van der Waals surface area contributed by atoms with Crippen LogP contribution < -0.4 is 0 Å². The fourth-order valence-electron chi connectivity index (χ4n) is 1.75. The van der Waals surface area contributed by atoms with Crippen molar-refractivity contribution in [2.24, 2.45) is 0 Å². The lowest BCUT2D eigenvalue weighted by atomic mass is 10.0. The maximum atomic E-state index is 11.7. The molecule has 1 aliphatic heterocycles. The number of likely N-dealkylation sites (tertiary alicyclic amines) is 1. The Labute approximate surface area is 98.4 Å². The van der Waals surface area contributed by atoms with E-state index in [-0.39, 0.29) is 17.4 Å². The highest BCUT2D eigenvalue weighted by Crippen LogP contribution is 2.18. The van der Waals surface area contributed by atoms with Crippen LogP contribution in [0.1, 0.15) is 19.3 Å². The second kappa shape index (κ2) is 6.38. The van der Waals surface area contributed by atoms with E-state index >= 15 is 0 Å². The summed E-state index contributed by atoms with van der Waals surface area (Å²) in [5.41, 5.74) is 0. The van der Waals surface area contributed by atoms with Crippen molar-refractivity contribution in [3.8, 4) is 6.07 Å². The van der Waals surface area contributed by atoms with E-state index in [1.807, 2.05) is 6.07 Å². The molecule has 0 unspecified atom stereocenters. The van der Waals surface area contributed by atoms with Gasteiger partial charge in [0.15, 0.2) is 0 Å². The van der Waals surface area contributed by atoms with Crippen LogP contribution in [0.3, 0.4) is 0 Å². The number of nitrogens with zero attached hydrogens (tertiary/aromatic N) is 2. The van der Waals surface area contributed by atoms with E-state index in [1.54, 1.807) is 0 Å². The van der Waals surface area contributed by atoms with E-state index in [2.05, 4.69) is 0 Å². The molecule has 16 heavy (non-hydrogen) atoms. The quantitative estimate of drug-likeness (QED) is 0.734. The molecular formula is C10H14N2O3S. The first-order valence-corrected chi connectivity index (χ1v) is 6.29. The van der Waals surface area contributed by atoms with Gasteiger partial charge in [0, 0.05) is 6.54 Å². The molecule has 1 heterocycles. The molecular weight excluding hydrogens is 228 g/mol. The van der Waals surface area contributed by atoms with Crippen molar-refractivity contribution in [2.75, 3.05) is 18.1 Å². The van der Waals surface area contributed by atoms with Crippen LogP contribution in [0.4, 0.5) is 0 Å². The summed E-state index contributed by atoms with van der Waals surface area (Å²) in [6.07, 6.45) is 2.24. The highest BCUT2D eigenvalue weighted by Gasteiger charge is 2.31. The van der Waals surface area contributed by atoms with Gasteiger partial charge in [-0.15, -0.1) is 11.8 Å². The first kappa shape index (κ1) is 12.8. The van der Waals surface area contributed by atoms with Crippen molar-refractivity contribution in [3.63, 3.8) is 0 Å². The number of thioether (sulfide) groups is 1. The predicted molar refractivity (Wildman–Crippen MR) is 59.9 cm³/mol. The number of piperidine rings is 1. The molecule has 5 nitrogen and oxygen atoms in total. The van der Waals surface area contributed by atoms with E-state index < -0.39 is 12.0 Å². The number of hydrogen-bond acceptors (Lipinski definition) is 4. The smallest absolute Gasteiger partial charge is 0.326 e. The molecule has 1 amide bonds. The number of hydrogen-bond donors (Lipinski definition) is 1. The van der Waals surface area contributed by atoms with Crippen LogP contribution in [0.15, 0.2) is 0 Å². The van der Waals surface area contributed by atoms with Gasteiger partial charge in [-0.2, -0.15) is 5.26 Å². The molecule has 88 valence electrons. The molecule has 0 aromatic carbocycles. The van der Waals surface area contributed by atoms with Gasteiger partial charge in [-0.05, 0) is 19.3 Å². The van der Waals surface area contributed by atoms with Crippen molar-refractivity contribution < 1.29 is 14.7 Å². The molecule has 1 rings (SSSR count). The van der Waals surface area contributed by atoms with Gasteiger partial charge in [0.25, 0.3) is 0 Å². The summed E-state index contributed by atoms with van der Waals surface area (Å²) in [7, 11) is 0. The Balaban J connectivity index is 2.51. The fourth-order valence-corrected chi connectivity index (χ4v) is 2.29. The largest absolute Gasteiger partial charge is 0.480 e. The summed E-state index contributed by atoms with van der Waals surface area (Å²) in [4.78, 5) is 24.1. The number of aliphatic carboxylic acids is 1. The van der Waals surface area contributed by atoms with Crippen molar-refractivity contribution in [1.82, 2.24) is 4.90 Å². The van der Waals surface area contributed by atoms with Crippen LogP contribution in [-0.2, 0) is 9.59 Å². The van der Waals surface area contributed by atoms with Crippen molar-refractivity contribution in [2.45, 2.75) is 25.3 Å². The van der Waals surface area contributed by atoms with E-state index in [1.165, 1.54) is 16.7 Å². The Morgan fingerprint density at radius 2 is 2.25 bits per heavy atom. The van der Waals surface area contributed by atoms with Gasteiger partial charge in [0.1, 0.15) is 6.04 Å². The minimum absolute atomic E-state index is 0.174. The number of carboxylic acid groups (broad SMARTS) is 1. The van der Waals surface area contributed by atoms with Crippen LogP contribution >= 0.6 is 11.8 Å². The third-order valence-electron chi connectivity index (χ3n) is 2.50. The molecule has 1 fully saturated rings. The first-order valence-electron chi connectivity index (χ1n) is 5.13. The molecule has 1 atom stereocenters. The zero-order chi connectivity index (χ0) is 12.0. The van der Waals surface area contributed by atoms with Crippen LogP contribution in [0, 0.1) is 11.3 Å². The average Bonchev–Trinajstić information content (AvgIpc) is 2.29. The fraction of sp³-hybridized carbons (Fsp3) is 0.700. The average molecular weight is 242 g/mol. The Kier molecular flexibility index (Phi) is 5.12. The molecule has 6 heteroatoms. The van der Waals surface area contributed by atoms with Crippen LogP contribution in [0.25, 0.3) is 0 Å². The van der Waals surface area contributed by atoms with E-state index in [0.717, 1.165) is 12.8 Å². The molecule has 0 spiro atoms. The standard InChI is InChI=1S/C10H14N2O3S/c11-4-6-16-7-9(13)12-5-2-1-3-8(12)10(14)15/h8H,1-3,5-7H2,(H,14,15)/t8-/m1/s1. The van der Waals surface area contributed by atoms with Gasteiger partial charge >= 0.3 is 5.97 Å². The third kappa shape index (κ3) is 3.42. The van der Waals surface area contributed by atoms with Crippen molar-refractivity contribution in [1.29, 1.82) is 5.26 Å². The maximum absolute atomic E-state index is 11.7. The summed E-state index contributed by atoms with van der Waals surface area (Å²) in [6, 6.07) is 1.26. The Morgan fingerprint density at radius 3 is 2.88 bits per heavy atom. The van der Waals surface area contributed by atoms with Gasteiger partial charge in [0.2, 0.25) is 5.91 Å². The number of carboxylic acids is 1. The molecule has 0 aromatic rings. The minimum Gasteiger partial charge on any atom is -0.480 e. The van der Waals surface area contributed by atoms with E-state index in [9.17, 15) is 9.59 Å². The number of carbonyl (C=O) groups is 2. The monoisotopic (exact) mass is 242 g/mol. The van der Waals surface area contributed by atoms with Gasteiger partial charge in [-0.3, -0.25) is 4.79 Å². The third-order valence-corrected chi connectivity index (χ3v) is 3.28. The van der Waals surface area contributed by atoms with E-state index in [0.29, 0.717) is 13.0 Å². The predicted octanol–water partition coefficient (Wildman–Crippen LogP) is 0.709. The number of amides is 1. The normalized spacial score (nSPS) is 20.2. The summed E-state index contributed by atoms with van der Waals surface area (Å²) in [6.45, 7) is 0.517. The second-order valence-corrected chi connectivity index (χ2v) is 4.57. The Bertz CT molecular complexity index is 314. The van der Waals surface area contributed by atoms with E-state index in [4.69, 9.17) is 10.4 Å².